The number of benzene rings is 1. The van der Waals surface area contributed by atoms with Crippen LogP contribution in [0.1, 0.15) is 24.0 Å². The summed E-state index contributed by atoms with van der Waals surface area (Å²) < 4.78 is 5.73. The summed E-state index contributed by atoms with van der Waals surface area (Å²) in [5.74, 6) is 1.96. The van der Waals surface area contributed by atoms with Gasteiger partial charge in [0.2, 0.25) is 0 Å². The van der Waals surface area contributed by atoms with Crippen LogP contribution in [-0.2, 0) is 11.2 Å². The van der Waals surface area contributed by atoms with Gasteiger partial charge in [0, 0.05) is 12.5 Å². The Balaban J connectivity index is 1.76. The summed E-state index contributed by atoms with van der Waals surface area (Å²) >= 11 is 6.01. The maximum atomic E-state index is 6.01. The standard InChI is InChI=1S/C15H21ClO/c1-12-3-2-4-14(7-12)8-15(9-16)11-17-10-13-5-6-13/h2-4,7,13,15H,5-6,8-11H2,1H3. The van der Waals surface area contributed by atoms with Gasteiger partial charge in [-0.2, -0.15) is 0 Å². The molecule has 1 fully saturated rings. The summed E-state index contributed by atoms with van der Waals surface area (Å²) in [6.45, 7) is 3.86. The van der Waals surface area contributed by atoms with Crippen molar-refractivity contribution in [3.8, 4) is 0 Å². The van der Waals surface area contributed by atoms with Crippen LogP contribution in [0.2, 0.25) is 0 Å². The molecule has 0 aromatic heterocycles. The fourth-order valence-electron chi connectivity index (χ4n) is 2.02. The second kappa shape index (κ2) is 6.42. The molecular formula is C15H21ClO. The molecule has 1 aromatic carbocycles. The van der Waals surface area contributed by atoms with Crippen molar-refractivity contribution < 1.29 is 4.74 Å². The molecule has 0 aliphatic heterocycles. The molecule has 1 saturated carbocycles. The highest BCUT2D eigenvalue weighted by atomic mass is 35.5. The molecule has 1 aliphatic rings. The zero-order valence-electron chi connectivity index (χ0n) is 10.5. The molecule has 0 bridgehead atoms. The third kappa shape index (κ3) is 4.69. The zero-order valence-corrected chi connectivity index (χ0v) is 11.2. The molecule has 0 heterocycles. The zero-order chi connectivity index (χ0) is 12.1. The van der Waals surface area contributed by atoms with Gasteiger partial charge < -0.3 is 4.74 Å². The maximum Gasteiger partial charge on any atom is 0.0509 e. The number of rotatable bonds is 7. The predicted molar refractivity (Wildman–Crippen MR) is 72.6 cm³/mol. The Morgan fingerprint density at radius 1 is 1.41 bits per heavy atom. The average Bonchev–Trinajstić information content (AvgIpc) is 3.12. The second-order valence-corrected chi connectivity index (χ2v) is 5.50. The number of aryl methyl sites for hydroxylation is 1. The lowest BCUT2D eigenvalue weighted by Crippen LogP contribution is -2.15. The smallest absolute Gasteiger partial charge is 0.0509 e. The summed E-state index contributed by atoms with van der Waals surface area (Å²) in [7, 11) is 0. The first-order valence-corrected chi connectivity index (χ1v) is 7.00. The van der Waals surface area contributed by atoms with Crippen molar-refractivity contribution in [2.24, 2.45) is 11.8 Å². The van der Waals surface area contributed by atoms with E-state index in [0.29, 0.717) is 11.8 Å². The summed E-state index contributed by atoms with van der Waals surface area (Å²) in [6.07, 6.45) is 3.72. The lowest BCUT2D eigenvalue weighted by Gasteiger charge is -2.14. The van der Waals surface area contributed by atoms with Crippen molar-refractivity contribution >= 4 is 11.6 Å². The molecule has 1 aliphatic carbocycles. The molecule has 94 valence electrons. The maximum absolute atomic E-state index is 6.01. The number of hydrogen-bond acceptors (Lipinski definition) is 1. The van der Waals surface area contributed by atoms with Crippen LogP contribution in [0.4, 0.5) is 0 Å². The van der Waals surface area contributed by atoms with E-state index in [4.69, 9.17) is 16.3 Å². The summed E-state index contributed by atoms with van der Waals surface area (Å²) in [4.78, 5) is 0. The molecular weight excluding hydrogens is 232 g/mol. The fourth-order valence-corrected chi connectivity index (χ4v) is 2.21. The highest BCUT2D eigenvalue weighted by molar-refractivity contribution is 6.18. The first kappa shape index (κ1) is 12.9. The van der Waals surface area contributed by atoms with Gasteiger partial charge >= 0.3 is 0 Å². The summed E-state index contributed by atoms with van der Waals surface area (Å²) in [5.41, 5.74) is 2.68. The van der Waals surface area contributed by atoms with Gasteiger partial charge in [0.25, 0.3) is 0 Å². The van der Waals surface area contributed by atoms with Gasteiger partial charge in [-0.05, 0) is 43.6 Å². The molecule has 1 atom stereocenters. The van der Waals surface area contributed by atoms with E-state index in [0.717, 1.165) is 25.6 Å². The highest BCUT2D eigenvalue weighted by Gasteiger charge is 2.21. The lowest BCUT2D eigenvalue weighted by atomic mass is 10.0. The molecule has 0 saturated heterocycles. The Morgan fingerprint density at radius 3 is 2.88 bits per heavy atom. The Hall–Kier alpha value is -0.530. The third-order valence-electron chi connectivity index (χ3n) is 3.23. The fraction of sp³-hybridized carbons (Fsp3) is 0.600. The number of hydrogen-bond donors (Lipinski definition) is 0. The third-order valence-corrected chi connectivity index (χ3v) is 3.67. The van der Waals surface area contributed by atoms with Crippen molar-refractivity contribution in [2.75, 3.05) is 19.1 Å². The minimum absolute atomic E-state index is 0.442. The Bertz CT molecular complexity index is 347. The normalized spacial score (nSPS) is 17.1. The van der Waals surface area contributed by atoms with Gasteiger partial charge in [0.1, 0.15) is 0 Å². The molecule has 1 unspecified atom stereocenters. The van der Waals surface area contributed by atoms with Gasteiger partial charge in [-0.1, -0.05) is 29.8 Å². The number of ether oxygens (including phenoxy) is 1. The lowest BCUT2D eigenvalue weighted by molar-refractivity contribution is 0.0972. The molecule has 0 radical (unpaired) electrons. The first-order valence-electron chi connectivity index (χ1n) is 6.47. The van der Waals surface area contributed by atoms with E-state index in [2.05, 4.69) is 31.2 Å². The quantitative estimate of drug-likeness (QED) is 0.671. The topological polar surface area (TPSA) is 9.23 Å². The van der Waals surface area contributed by atoms with Gasteiger partial charge in [-0.25, -0.2) is 0 Å². The van der Waals surface area contributed by atoms with Gasteiger partial charge in [-0.15, -0.1) is 11.6 Å². The van der Waals surface area contributed by atoms with Crippen molar-refractivity contribution in [2.45, 2.75) is 26.2 Å². The number of alkyl halides is 1. The van der Waals surface area contributed by atoms with Gasteiger partial charge in [0.15, 0.2) is 0 Å². The molecule has 1 aromatic rings. The number of halogens is 1. The van der Waals surface area contributed by atoms with Gasteiger partial charge in [-0.3, -0.25) is 0 Å². The molecule has 2 heteroatoms. The van der Waals surface area contributed by atoms with E-state index in [-0.39, 0.29) is 0 Å². The predicted octanol–water partition coefficient (Wildman–Crippen LogP) is 3.82. The van der Waals surface area contributed by atoms with Crippen LogP contribution in [0.5, 0.6) is 0 Å². The molecule has 0 amide bonds. The Morgan fingerprint density at radius 2 is 2.24 bits per heavy atom. The van der Waals surface area contributed by atoms with Crippen LogP contribution >= 0.6 is 11.6 Å². The Labute approximate surface area is 109 Å². The second-order valence-electron chi connectivity index (χ2n) is 5.19. The van der Waals surface area contributed by atoms with Crippen molar-refractivity contribution in [1.29, 1.82) is 0 Å². The average molecular weight is 253 g/mol. The molecule has 17 heavy (non-hydrogen) atoms. The van der Waals surface area contributed by atoms with Crippen LogP contribution in [0.15, 0.2) is 24.3 Å². The van der Waals surface area contributed by atoms with Crippen LogP contribution in [0.3, 0.4) is 0 Å². The minimum atomic E-state index is 0.442. The highest BCUT2D eigenvalue weighted by Crippen LogP contribution is 2.29. The van der Waals surface area contributed by atoms with Gasteiger partial charge in [0.05, 0.1) is 6.61 Å². The largest absolute Gasteiger partial charge is 0.381 e. The van der Waals surface area contributed by atoms with E-state index in [1.807, 2.05) is 0 Å². The molecule has 2 rings (SSSR count). The van der Waals surface area contributed by atoms with E-state index in [9.17, 15) is 0 Å². The summed E-state index contributed by atoms with van der Waals surface area (Å²) in [5, 5.41) is 0. The van der Waals surface area contributed by atoms with Crippen LogP contribution in [0, 0.1) is 18.8 Å². The first-order chi connectivity index (χ1) is 8.28. The van der Waals surface area contributed by atoms with Crippen molar-refractivity contribution in [3.63, 3.8) is 0 Å². The van der Waals surface area contributed by atoms with E-state index < -0.39 is 0 Å². The summed E-state index contributed by atoms with van der Waals surface area (Å²) in [6, 6.07) is 8.65. The van der Waals surface area contributed by atoms with E-state index >= 15 is 0 Å². The minimum Gasteiger partial charge on any atom is -0.381 e. The monoisotopic (exact) mass is 252 g/mol. The molecule has 1 nitrogen and oxygen atoms in total. The van der Waals surface area contributed by atoms with Crippen molar-refractivity contribution in [3.05, 3.63) is 35.4 Å². The molecule has 0 spiro atoms. The Kier molecular flexibility index (Phi) is 4.87. The van der Waals surface area contributed by atoms with Crippen LogP contribution in [0.25, 0.3) is 0 Å². The van der Waals surface area contributed by atoms with Crippen molar-refractivity contribution in [1.82, 2.24) is 0 Å². The van der Waals surface area contributed by atoms with E-state index in [1.54, 1.807) is 0 Å². The van der Waals surface area contributed by atoms with E-state index in [1.165, 1.54) is 24.0 Å². The SMILES string of the molecule is Cc1cccc(CC(CCl)COCC2CC2)c1. The van der Waals surface area contributed by atoms with Crippen LogP contribution in [-0.4, -0.2) is 19.1 Å². The molecule has 0 N–H and O–H groups in total. The van der Waals surface area contributed by atoms with Crippen LogP contribution < -0.4 is 0 Å².